The quantitative estimate of drug-likeness (QED) is 0.291. The standard InChI is InChI=1S/C31H34F3N5O7S/c1-38(2)47(42,43)37-29(40)19-9-11-20(12-10-19)35-30(41)39-21-13-14-22(39)16-23(15-21)44-17-25-27(36-46-28(25)18-7-8-18)24-5-3-4-6-26(24)45-31(32,33)34/h3-6,9-12,18,21-23H,7-8,13-17H2,1-2H3,(H,35,41)(H,37,40). The number of piperidine rings is 1. The molecule has 1 aromatic heterocycles. The normalized spacial score (nSPS) is 21.1. The summed E-state index contributed by atoms with van der Waals surface area (Å²) >= 11 is 0. The van der Waals surface area contributed by atoms with E-state index in [9.17, 15) is 31.2 Å². The van der Waals surface area contributed by atoms with Crippen LogP contribution >= 0.6 is 0 Å². The predicted octanol–water partition coefficient (Wildman–Crippen LogP) is 5.40. The van der Waals surface area contributed by atoms with E-state index in [4.69, 9.17) is 9.26 Å². The highest BCUT2D eigenvalue weighted by molar-refractivity contribution is 7.87. The van der Waals surface area contributed by atoms with Gasteiger partial charge in [-0.05, 0) is 74.9 Å². The Kier molecular flexibility index (Phi) is 8.93. The number of benzene rings is 2. The van der Waals surface area contributed by atoms with Crippen LogP contribution in [0.3, 0.4) is 0 Å². The van der Waals surface area contributed by atoms with Gasteiger partial charge in [0.15, 0.2) is 0 Å². The van der Waals surface area contributed by atoms with E-state index in [-0.39, 0.29) is 59.3 Å². The average Bonchev–Trinajstić information content (AvgIpc) is 3.70. The molecule has 2 N–H and O–H groups in total. The number of alkyl halides is 3. The van der Waals surface area contributed by atoms with Gasteiger partial charge in [0.05, 0.1) is 12.7 Å². The monoisotopic (exact) mass is 677 g/mol. The molecule has 2 unspecified atom stereocenters. The van der Waals surface area contributed by atoms with Crippen molar-refractivity contribution in [2.45, 2.75) is 75.6 Å². The maximum atomic E-state index is 13.3. The summed E-state index contributed by atoms with van der Waals surface area (Å²) in [6.07, 6.45) is -0.511. The highest BCUT2D eigenvalue weighted by Gasteiger charge is 2.44. The molecular formula is C31H34F3N5O7S. The molecule has 47 heavy (non-hydrogen) atoms. The number of para-hydroxylation sites is 1. The van der Waals surface area contributed by atoms with Crippen LogP contribution in [0.15, 0.2) is 53.1 Å². The van der Waals surface area contributed by atoms with Gasteiger partial charge in [-0.1, -0.05) is 17.3 Å². The molecule has 6 rings (SSSR count). The van der Waals surface area contributed by atoms with E-state index >= 15 is 0 Å². The Bertz CT molecular complexity index is 1730. The molecule has 252 valence electrons. The van der Waals surface area contributed by atoms with Crippen molar-refractivity contribution in [3.05, 3.63) is 65.4 Å². The molecule has 3 heterocycles. The summed E-state index contributed by atoms with van der Waals surface area (Å²) in [5.74, 6) is -0.409. The van der Waals surface area contributed by atoms with E-state index in [1.807, 2.05) is 9.62 Å². The van der Waals surface area contributed by atoms with E-state index in [0.29, 0.717) is 29.9 Å². The van der Waals surface area contributed by atoms with Crippen LogP contribution in [0.4, 0.5) is 23.7 Å². The number of amides is 3. The highest BCUT2D eigenvalue weighted by Crippen LogP contribution is 2.46. The summed E-state index contributed by atoms with van der Waals surface area (Å²) in [5.41, 5.74) is 1.59. The minimum Gasteiger partial charge on any atom is -0.405 e. The fraction of sp³-hybridized carbons (Fsp3) is 0.452. The zero-order valence-electron chi connectivity index (χ0n) is 25.6. The van der Waals surface area contributed by atoms with Crippen molar-refractivity contribution < 1.29 is 45.2 Å². The van der Waals surface area contributed by atoms with Gasteiger partial charge in [0, 0.05) is 54.5 Å². The SMILES string of the molecule is CN(C)S(=O)(=O)NC(=O)c1ccc(NC(=O)N2C3CCC2CC(OCc2c(-c4ccccc4OC(F)(F)F)noc2C2CC2)C3)cc1. The minimum atomic E-state index is -4.87. The third-order valence-corrected chi connectivity index (χ3v) is 10.0. The number of ether oxygens (including phenoxy) is 2. The van der Waals surface area contributed by atoms with Gasteiger partial charge in [-0.25, -0.2) is 9.52 Å². The predicted molar refractivity (Wildman–Crippen MR) is 163 cm³/mol. The Hall–Kier alpha value is -4.15. The van der Waals surface area contributed by atoms with Gasteiger partial charge < -0.3 is 24.2 Å². The van der Waals surface area contributed by atoms with E-state index in [2.05, 4.69) is 15.2 Å². The Morgan fingerprint density at radius 2 is 1.68 bits per heavy atom. The van der Waals surface area contributed by atoms with Crippen molar-refractivity contribution in [1.29, 1.82) is 0 Å². The second kappa shape index (κ2) is 12.8. The second-order valence-electron chi connectivity index (χ2n) is 12.1. The Labute approximate surface area is 269 Å². The number of nitrogens with one attached hydrogen (secondary N) is 2. The molecule has 3 fully saturated rings. The summed E-state index contributed by atoms with van der Waals surface area (Å²) in [4.78, 5) is 27.5. The molecule has 12 nitrogen and oxygen atoms in total. The first-order valence-corrected chi connectivity index (χ1v) is 16.6. The number of rotatable bonds is 10. The van der Waals surface area contributed by atoms with Crippen molar-refractivity contribution in [3.8, 4) is 17.0 Å². The van der Waals surface area contributed by atoms with Crippen LogP contribution in [0.2, 0.25) is 0 Å². The van der Waals surface area contributed by atoms with E-state index in [1.165, 1.54) is 56.6 Å². The maximum absolute atomic E-state index is 13.3. The van der Waals surface area contributed by atoms with Crippen LogP contribution in [-0.4, -0.2) is 73.4 Å². The molecule has 2 saturated heterocycles. The topological polar surface area (TPSA) is 143 Å². The number of urea groups is 1. The molecule has 0 radical (unpaired) electrons. The summed E-state index contributed by atoms with van der Waals surface area (Å²) in [6, 6.07) is 11.3. The first-order valence-electron chi connectivity index (χ1n) is 15.2. The second-order valence-corrected chi connectivity index (χ2v) is 14.0. The van der Waals surface area contributed by atoms with Crippen LogP contribution in [0.1, 0.15) is 66.1 Å². The van der Waals surface area contributed by atoms with Gasteiger partial charge in [-0.2, -0.15) is 12.7 Å². The summed E-state index contributed by atoms with van der Waals surface area (Å²) < 4.78 is 82.3. The number of anilines is 1. The molecule has 16 heteroatoms. The molecule has 2 atom stereocenters. The smallest absolute Gasteiger partial charge is 0.405 e. The largest absolute Gasteiger partial charge is 0.573 e. The summed E-state index contributed by atoms with van der Waals surface area (Å²) in [5, 5.41) is 7.01. The molecular weight excluding hydrogens is 643 g/mol. The van der Waals surface area contributed by atoms with Crippen molar-refractivity contribution in [3.63, 3.8) is 0 Å². The minimum absolute atomic E-state index is 0.0780. The van der Waals surface area contributed by atoms with Crippen LogP contribution in [-0.2, 0) is 21.6 Å². The molecule has 3 aliphatic rings. The number of carbonyl (C=O) groups excluding carboxylic acids is 2. The van der Waals surface area contributed by atoms with E-state index in [0.717, 1.165) is 30.0 Å². The van der Waals surface area contributed by atoms with Gasteiger partial charge in [0.2, 0.25) is 0 Å². The lowest BCUT2D eigenvalue weighted by Gasteiger charge is -2.38. The molecule has 2 aliphatic heterocycles. The first kappa shape index (κ1) is 32.8. The molecule has 1 saturated carbocycles. The van der Waals surface area contributed by atoms with Gasteiger partial charge >= 0.3 is 22.6 Å². The third kappa shape index (κ3) is 7.39. The van der Waals surface area contributed by atoms with Crippen molar-refractivity contribution in [2.24, 2.45) is 0 Å². The van der Waals surface area contributed by atoms with Crippen LogP contribution in [0.5, 0.6) is 5.75 Å². The molecule has 1 aliphatic carbocycles. The van der Waals surface area contributed by atoms with Gasteiger partial charge in [0.25, 0.3) is 5.91 Å². The summed E-state index contributed by atoms with van der Waals surface area (Å²) in [6.45, 7) is 0.0943. The molecule has 0 spiro atoms. The van der Waals surface area contributed by atoms with Crippen LogP contribution in [0, 0.1) is 0 Å². The van der Waals surface area contributed by atoms with E-state index in [1.54, 1.807) is 6.07 Å². The number of carbonyl (C=O) groups is 2. The zero-order valence-corrected chi connectivity index (χ0v) is 26.4. The third-order valence-electron chi connectivity index (χ3n) is 8.62. The average molecular weight is 678 g/mol. The maximum Gasteiger partial charge on any atom is 0.573 e. The van der Waals surface area contributed by atoms with Crippen molar-refractivity contribution in [2.75, 3.05) is 19.4 Å². The number of halogens is 3. The van der Waals surface area contributed by atoms with Gasteiger partial charge in [-0.15, -0.1) is 13.2 Å². The fourth-order valence-electron chi connectivity index (χ4n) is 6.17. The lowest BCUT2D eigenvalue weighted by molar-refractivity contribution is -0.274. The number of fused-ring (bicyclic) bond motifs is 2. The van der Waals surface area contributed by atoms with Crippen molar-refractivity contribution >= 4 is 27.8 Å². The number of hydrogen-bond donors (Lipinski definition) is 2. The Morgan fingerprint density at radius 1 is 1.02 bits per heavy atom. The van der Waals surface area contributed by atoms with Gasteiger partial charge in [0.1, 0.15) is 17.2 Å². The zero-order chi connectivity index (χ0) is 33.5. The van der Waals surface area contributed by atoms with Crippen LogP contribution < -0.4 is 14.8 Å². The molecule has 2 aromatic carbocycles. The first-order chi connectivity index (χ1) is 22.3. The van der Waals surface area contributed by atoms with Crippen molar-refractivity contribution in [1.82, 2.24) is 19.1 Å². The number of nitrogens with zero attached hydrogens (tertiary/aromatic N) is 3. The molecule has 2 bridgehead atoms. The fourth-order valence-corrected chi connectivity index (χ4v) is 6.71. The van der Waals surface area contributed by atoms with E-state index < -0.39 is 22.5 Å². The Balaban J connectivity index is 1.09. The number of hydrogen-bond acceptors (Lipinski definition) is 8. The molecule has 3 aromatic rings. The van der Waals surface area contributed by atoms with Gasteiger partial charge in [-0.3, -0.25) is 4.79 Å². The van der Waals surface area contributed by atoms with Crippen LogP contribution in [0.25, 0.3) is 11.3 Å². The summed E-state index contributed by atoms with van der Waals surface area (Å²) in [7, 11) is -1.34. The number of aromatic nitrogens is 1. The highest BCUT2D eigenvalue weighted by atomic mass is 32.2. The lowest BCUT2D eigenvalue weighted by atomic mass is 9.99. The Morgan fingerprint density at radius 3 is 2.30 bits per heavy atom. The lowest BCUT2D eigenvalue weighted by Crippen LogP contribution is -2.50. The molecule has 3 amide bonds.